The summed E-state index contributed by atoms with van der Waals surface area (Å²) in [4.78, 5) is 0. The van der Waals surface area contributed by atoms with Gasteiger partial charge in [-0.3, -0.25) is 0 Å². The molecule has 0 aromatic heterocycles. The fourth-order valence-electron chi connectivity index (χ4n) is 2.59. The second-order valence-electron chi connectivity index (χ2n) is 5.81. The van der Waals surface area contributed by atoms with Crippen molar-refractivity contribution in [3.8, 4) is 22.6 Å². The number of hydrogen-bond acceptors (Lipinski definition) is 2. The number of ether oxygens (including phenoxy) is 2. The van der Waals surface area contributed by atoms with Crippen molar-refractivity contribution >= 4 is 6.08 Å². The summed E-state index contributed by atoms with van der Waals surface area (Å²) >= 11 is 0. The Morgan fingerprint density at radius 1 is 0.889 bits per heavy atom. The molecule has 0 aliphatic carbocycles. The second-order valence-corrected chi connectivity index (χ2v) is 5.81. The van der Waals surface area contributed by atoms with Crippen LogP contribution in [0.2, 0.25) is 0 Å². The van der Waals surface area contributed by atoms with Gasteiger partial charge in [0.05, 0.1) is 0 Å². The van der Waals surface area contributed by atoms with Gasteiger partial charge in [0, 0.05) is 5.56 Å². The third-order valence-corrected chi connectivity index (χ3v) is 3.88. The molecule has 0 unspecified atom stereocenters. The zero-order valence-electron chi connectivity index (χ0n) is 14.4. The summed E-state index contributed by atoms with van der Waals surface area (Å²) < 4.78 is 47.9. The van der Waals surface area contributed by atoms with Gasteiger partial charge in [-0.25, -0.2) is 0 Å². The van der Waals surface area contributed by atoms with Crippen molar-refractivity contribution < 1.29 is 22.6 Å². The summed E-state index contributed by atoms with van der Waals surface area (Å²) in [7, 11) is 0. The van der Waals surface area contributed by atoms with E-state index in [0.29, 0.717) is 29.0 Å². The third kappa shape index (κ3) is 5.14. The van der Waals surface area contributed by atoms with E-state index in [9.17, 15) is 13.2 Å². The summed E-state index contributed by atoms with van der Waals surface area (Å²) in [5.41, 5.74) is 2.65. The quantitative estimate of drug-likeness (QED) is 0.495. The van der Waals surface area contributed by atoms with Crippen LogP contribution in [0.3, 0.4) is 0 Å². The second kappa shape index (κ2) is 7.99. The first-order valence-corrected chi connectivity index (χ1v) is 8.24. The highest BCUT2D eigenvalue weighted by Gasteiger charge is 2.32. The molecule has 3 aromatic rings. The lowest BCUT2D eigenvalue weighted by atomic mass is 10.0. The summed E-state index contributed by atoms with van der Waals surface area (Å²) in [6, 6.07) is 20.9. The Kier molecular flexibility index (Phi) is 5.50. The summed E-state index contributed by atoms with van der Waals surface area (Å²) in [6.07, 6.45) is -3.19. The molecule has 3 aromatic carbocycles. The average molecular weight is 370 g/mol. The van der Waals surface area contributed by atoms with E-state index in [1.165, 1.54) is 12.1 Å². The SMILES string of the molecule is C=Cc1ccc(OC(F)(F)F)c(-c2ccc(OCc3ccccc3)cc2)c1. The van der Waals surface area contributed by atoms with Gasteiger partial charge in [0.2, 0.25) is 0 Å². The van der Waals surface area contributed by atoms with Gasteiger partial charge >= 0.3 is 6.36 Å². The normalized spacial score (nSPS) is 11.1. The highest BCUT2D eigenvalue weighted by Crippen LogP contribution is 2.35. The van der Waals surface area contributed by atoms with Crippen molar-refractivity contribution in [3.63, 3.8) is 0 Å². The fourth-order valence-corrected chi connectivity index (χ4v) is 2.59. The molecule has 0 amide bonds. The lowest BCUT2D eigenvalue weighted by Gasteiger charge is -2.14. The smallest absolute Gasteiger partial charge is 0.489 e. The first-order chi connectivity index (χ1) is 12.9. The maximum Gasteiger partial charge on any atom is 0.573 e. The molecule has 0 fully saturated rings. The number of alkyl halides is 3. The summed E-state index contributed by atoms with van der Waals surface area (Å²) in [5, 5.41) is 0. The molecule has 27 heavy (non-hydrogen) atoms. The first-order valence-electron chi connectivity index (χ1n) is 8.24. The molecular weight excluding hydrogens is 353 g/mol. The molecule has 0 atom stereocenters. The third-order valence-electron chi connectivity index (χ3n) is 3.88. The van der Waals surface area contributed by atoms with E-state index in [4.69, 9.17) is 4.74 Å². The van der Waals surface area contributed by atoms with Gasteiger partial charge in [0.1, 0.15) is 18.1 Å². The monoisotopic (exact) mass is 370 g/mol. The highest BCUT2D eigenvalue weighted by atomic mass is 19.4. The minimum atomic E-state index is -4.76. The molecule has 5 heteroatoms. The highest BCUT2D eigenvalue weighted by molar-refractivity contribution is 5.74. The van der Waals surface area contributed by atoms with Crippen molar-refractivity contribution in [1.82, 2.24) is 0 Å². The van der Waals surface area contributed by atoms with Crippen molar-refractivity contribution in [2.75, 3.05) is 0 Å². The summed E-state index contributed by atoms with van der Waals surface area (Å²) in [6.45, 7) is 4.07. The van der Waals surface area contributed by atoms with Crippen molar-refractivity contribution in [2.45, 2.75) is 13.0 Å². The molecule has 2 nitrogen and oxygen atoms in total. The number of hydrogen-bond donors (Lipinski definition) is 0. The average Bonchev–Trinajstić information content (AvgIpc) is 2.67. The van der Waals surface area contributed by atoms with Crippen LogP contribution < -0.4 is 9.47 Å². The number of rotatable bonds is 6. The maximum absolute atomic E-state index is 12.7. The van der Waals surface area contributed by atoms with Crippen LogP contribution in [0.4, 0.5) is 13.2 Å². The molecule has 138 valence electrons. The van der Waals surface area contributed by atoms with Crippen LogP contribution in [-0.2, 0) is 6.61 Å². The predicted molar refractivity (Wildman–Crippen MR) is 99.4 cm³/mol. The van der Waals surface area contributed by atoms with Crippen molar-refractivity contribution in [2.24, 2.45) is 0 Å². The minimum Gasteiger partial charge on any atom is -0.489 e. The van der Waals surface area contributed by atoms with Crippen LogP contribution in [0.1, 0.15) is 11.1 Å². The fraction of sp³-hybridized carbons (Fsp3) is 0.0909. The Balaban J connectivity index is 1.82. The molecule has 3 rings (SSSR count). The van der Waals surface area contributed by atoms with Crippen LogP contribution >= 0.6 is 0 Å². The van der Waals surface area contributed by atoms with Crippen molar-refractivity contribution in [1.29, 1.82) is 0 Å². The molecule has 0 saturated heterocycles. The molecule has 0 N–H and O–H groups in total. The molecule has 0 spiro atoms. The molecular formula is C22H17F3O2. The topological polar surface area (TPSA) is 18.5 Å². The zero-order valence-corrected chi connectivity index (χ0v) is 14.4. The largest absolute Gasteiger partial charge is 0.573 e. The van der Waals surface area contributed by atoms with E-state index in [1.54, 1.807) is 36.4 Å². The van der Waals surface area contributed by atoms with E-state index in [-0.39, 0.29) is 5.75 Å². The van der Waals surface area contributed by atoms with E-state index in [1.807, 2.05) is 30.3 Å². The standard InChI is InChI=1S/C22H17F3O2/c1-2-16-8-13-21(27-22(23,24)25)20(14-16)18-9-11-19(12-10-18)26-15-17-6-4-3-5-7-17/h2-14H,1,15H2. The number of halogens is 3. The molecule has 0 aliphatic heterocycles. The van der Waals surface area contributed by atoms with E-state index in [2.05, 4.69) is 11.3 Å². The summed E-state index contributed by atoms with van der Waals surface area (Å²) in [5.74, 6) is 0.367. The van der Waals surface area contributed by atoms with Gasteiger partial charge in [-0.05, 0) is 41.0 Å². The molecule has 0 saturated carbocycles. The Morgan fingerprint density at radius 3 is 2.22 bits per heavy atom. The van der Waals surface area contributed by atoms with Gasteiger partial charge in [-0.15, -0.1) is 13.2 Å². The Hall–Kier alpha value is -3.21. The molecule has 0 heterocycles. The maximum atomic E-state index is 12.7. The van der Waals surface area contributed by atoms with E-state index in [0.717, 1.165) is 5.56 Å². The molecule has 0 aliphatic rings. The van der Waals surface area contributed by atoms with Crippen LogP contribution in [0, 0.1) is 0 Å². The Morgan fingerprint density at radius 2 is 1.59 bits per heavy atom. The van der Waals surface area contributed by atoms with E-state index >= 15 is 0 Å². The van der Waals surface area contributed by atoms with Gasteiger partial charge in [-0.2, -0.15) is 0 Å². The first kappa shape index (κ1) is 18.6. The van der Waals surface area contributed by atoms with Crippen LogP contribution in [0.15, 0.2) is 79.4 Å². The molecule has 0 bridgehead atoms. The number of benzene rings is 3. The predicted octanol–water partition coefficient (Wildman–Crippen LogP) is 6.47. The van der Waals surface area contributed by atoms with Gasteiger partial charge < -0.3 is 9.47 Å². The van der Waals surface area contributed by atoms with Crippen LogP contribution in [0.25, 0.3) is 17.2 Å². The van der Waals surface area contributed by atoms with Gasteiger partial charge in [0.15, 0.2) is 0 Å². The Labute approximate surface area is 155 Å². The Bertz CT molecular complexity index is 901. The lowest BCUT2D eigenvalue weighted by molar-refractivity contribution is -0.274. The van der Waals surface area contributed by atoms with Gasteiger partial charge in [-0.1, -0.05) is 61.2 Å². The van der Waals surface area contributed by atoms with Gasteiger partial charge in [0.25, 0.3) is 0 Å². The van der Waals surface area contributed by atoms with Crippen LogP contribution in [-0.4, -0.2) is 6.36 Å². The molecule has 0 radical (unpaired) electrons. The van der Waals surface area contributed by atoms with Crippen LogP contribution in [0.5, 0.6) is 11.5 Å². The van der Waals surface area contributed by atoms with E-state index < -0.39 is 6.36 Å². The zero-order chi connectivity index (χ0) is 19.3. The van der Waals surface area contributed by atoms with Crippen molar-refractivity contribution in [3.05, 3.63) is 90.5 Å². The lowest BCUT2D eigenvalue weighted by Crippen LogP contribution is -2.17. The minimum absolute atomic E-state index is 0.258.